The number of hydrogen-bond acceptors (Lipinski definition) is 3. The van der Waals surface area contributed by atoms with Crippen molar-refractivity contribution in [2.75, 3.05) is 19.0 Å². The van der Waals surface area contributed by atoms with Gasteiger partial charge < -0.3 is 20.7 Å². The molecule has 1 fully saturated rings. The number of anilines is 1. The lowest BCUT2D eigenvalue weighted by Crippen LogP contribution is -2.36. The molecule has 0 bridgehead atoms. The van der Waals surface area contributed by atoms with Crippen LogP contribution in [0.4, 0.5) is 5.69 Å². The molecule has 0 aromatic heterocycles. The Morgan fingerprint density at radius 1 is 1.13 bits per heavy atom. The highest BCUT2D eigenvalue weighted by atomic mass is 127. The molecule has 162 valence electrons. The second-order valence-corrected chi connectivity index (χ2v) is 7.40. The fourth-order valence-electron chi connectivity index (χ4n) is 3.40. The number of aryl methyl sites for hydroxylation is 2. The molecule has 3 rings (SSSR count). The van der Waals surface area contributed by atoms with Gasteiger partial charge in [0, 0.05) is 32.4 Å². The Labute approximate surface area is 195 Å². The minimum absolute atomic E-state index is 0. The highest BCUT2D eigenvalue weighted by molar-refractivity contribution is 14.0. The van der Waals surface area contributed by atoms with E-state index in [0.29, 0.717) is 19.7 Å². The van der Waals surface area contributed by atoms with Crippen LogP contribution in [-0.2, 0) is 22.6 Å². The zero-order valence-corrected chi connectivity index (χ0v) is 20.2. The normalized spacial score (nSPS) is 16.0. The molecule has 1 heterocycles. The summed E-state index contributed by atoms with van der Waals surface area (Å²) in [7, 11) is 1.76. The molecule has 30 heavy (non-hydrogen) atoms. The number of rotatable bonds is 6. The third-order valence-electron chi connectivity index (χ3n) is 5.04. The van der Waals surface area contributed by atoms with Crippen molar-refractivity contribution in [3.05, 3.63) is 64.7 Å². The molecule has 0 radical (unpaired) electrons. The highest BCUT2D eigenvalue weighted by Crippen LogP contribution is 2.16. The van der Waals surface area contributed by atoms with Gasteiger partial charge >= 0.3 is 0 Å². The molecular weight excluding hydrogens is 491 g/mol. The number of carbonyl (C=O) groups is 1. The van der Waals surface area contributed by atoms with Gasteiger partial charge in [-0.25, -0.2) is 0 Å². The summed E-state index contributed by atoms with van der Waals surface area (Å²) in [6.45, 7) is 6.20. The second kappa shape index (κ2) is 11.9. The fraction of sp³-hybridized carbons (Fsp3) is 0.391. The van der Waals surface area contributed by atoms with Crippen LogP contribution in [-0.4, -0.2) is 31.6 Å². The second-order valence-electron chi connectivity index (χ2n) is 7.40. The van der Waals surface area contributed by atoms with Crippen LogP contribution < -0.4 is 16.0 Å². The summed E-state index contributed by atoms with van der Waals surface area (Å²) in [5.41, 5.74) is 5.62. The van der Waals surface area contributed by atoms with Gasteiger partial charge in [-0.1, -0.05) is 35.9 Å². The molecule has 1 saturated heterocycles. The molecule has 0 aliphatic carbocycles. The van der Waals surface area contributed by atoms with Crippen LogP contribution in [0.15, 0.2) is 47.5 Å². The molecule has 0 saturated carbocycles. The minimum Gasteiger partial charge on any atom is -0.368 e. The van der Waals surface area contributed by atoms with Crippen molar-refractivity contribution >= 4 is 41.5 Å². The first kappa shape index (κ1) is 24.1. The van der Waals surface area contributed by atoms with Crippen LogP contribution in [0.2, 0.25) is 0 Å². The van der Waals surface area contributed by atoms with E-state index in [2.05, 4.69) is 53.0 Å². The summed E-state index contributed by atoms with van der Waals surface area (Å²) >= 11 is 0. The molecular formula is C23H31IN4O2. The third-order valence-corrected chi connectivity index (χ3v) is 5.04. The van der Waals surface area contributed by atoms with Crippen molar-refractivity contribution in [2.45, 2.75) is 45.9 Å². The van der Waals surface area contributed by atoms with Crippen LogP contribution in [0.1, 0.15) is 35.1 Å². The molecule has 1 atom stereocenters. The van der Waals surface area contributed by atoms with E-state index in [1.54, 1.807) is 7.05 Å². The minimum atomic E-state index is -0.329. The van der Waals surface area contributed by atoms with Gasteiger partial charge in [-0.05, 0) is 55.5 Å². The first-order valence-corrected chi connectivity index (χ1v) is 10.1. The summed E-state index contributed by atoms with van der Waals surface area (Å²) in [6, 6.07) is 14.3. The van der Waals surface area contributed by atoms with Gasteiger partial charge in [0.1, 0.15) is 6.10 Å². The number of benzene rings is 2. The molecule has 1 amide bonds. The van der Waals surface area contributed by atoms with Gasteiger partial charge in [0.05, 0.1) is 0 Å². The van der Waals surface area contributed by atoms with Crippen LogP contribution in [0, 0.1) is 13.8 Å². The van der Waals surface area contributed by atoms with Gasteiger partial charge in [0.25, 0.3) is 5.91 Å². The Morgan fingerprint density at radius 3 is 2.63 bits per heavy atom. The van der Waals surface area contributed by atoms with E-state index in [0.717, 1.165) is 30.1 Å². The Balaban J connectivity index is 0.00000320. The third kappa shape index (κ3) is 6.98. The van der Waals surface area contributed by atoms with Crippen LogP contribution >= 0.6 is 24.0 Å². The van der Waals surface area contributed by atoms with Crippen LogP contribution in [0.25, 0.3) is 0 Å². The Bertz CT molecular complexity index is 879. The quantitative estimate of drug-likeness (QED) is 0.306. The Kier molecular flexibility index (Phi) is 9.58. The topological polar surface area (TPSA) is 74.8 Å². The fourth-order valence-corrected chi connectivity index (χ4v) is 3.40. The summed E-state index contributed by atoms with van der Waals surface area (Å²) in [5, 5.41) is 9.62. The van der Waals surface area contributed by atoms with Crippen molar-refractivity contribution in [1.29, 1.82) is 0 Å². The van der Waals surface area contributed by atoms with Crippen molar-refractivity contribution in [3.8, 4) is 0 Å². The van der Waals surface area contributed by atoms with Crippen molar-refractivity contribution in [3.63, 3.8) is 0 Å². The summed E-state index contributed by atoms with van der Waals surface area (Å²) < 4.78 is 5.44. The smallest absolute Gasteiger partial charge is 0.253 e. The lowest BCUT2D eigenvalue weighted by atomic mass is 10.1. The zero-order valence-electron chi connectivity index (χ0n) is 17.8. The number of guanidine groups is 1. The number of ether oxygens (including phenoxy) is 1. The highest BCUT2D eigenvalue weighted by Gasteiger charge is 2.23. The van der Waals surface area contributed by atoms with E-state index in [1.807, 2.05) is 24.3 Å². The van der Waals surface area contributed by atoms with Crippen LogP contribution in [0.5, 0.6) is 0 Å². The van der Waals surface area contributed by atoms with E-state index in [4.69, 9.17) is 4.74 Å². The number of halogens is 1. The lowest BCUT2D eigenvalue weighted by Gasteiger charge is -2.14. The average Bonchev–Trinajstić information content (AvgIpc) is 3.25. The number of carbonyl (C=O) groups excluding carboxylic acids is 1. The van der Waals surface area contributed by atoms with Gasteiger partial charge in [-0.15, -0.1) is 24.0 Å². The molecule has 6 nitrogen and oxygen atoms in total. The van der Waals surface area contributed by atoms with E-state index in [-0.39, 0.29) is 36.0 Å². The largest absolute Gasteiger partial charge is 0.368 e. The van der Waals surface area contributed by atoms with Crippen molar-refractivity contribution in [2.24, 2.45) is 4.99 Å². The Morgan fingerprint density at radius 2 is 1.93 bits per heavy atom. The molecule has 2 aromatic rings. The van der Waals surface area contributed by atoms with Gasteiger partial charge in [0.2, 0.25) is 0 Å². The number of nitrogens with one attached hydrogen (secondary N) is 3. The standard InChI is InChI=1S/C23H30N4O2.HI/c1-16-9-10-19(17(2)12-16)15-26-23(24-3)25-14-18-6-4-7-20(13-18)27-22(28)21-8-5-11-29-21;/h4,6-7,9-10,12-13,21H,5,8,11,14-15H2,1-3H3,(H,27,28)(H2,24,25,26);1H. The van der Waals surface area contributed by atoms with E-state index in [9.17, 15) is 4.79 Å². The van der Waals surface area contributed by atoms with Crippen LogP contribution in [0.3, 0.4) is 0 Å². The van der Waals surface area contributed by atoms with Gasteiger partial charge in [0.15, 0.2) is 5.96 Å². The predicted octanol–water partition coefficient (Wildman–Crippen LogP) is 3.90. The van der Waals surface area contributed by atoms with Crippen molar-refractivity contribution < 1.29 is 9.53 Å². The lowest BCUT2D eigenvalue weighted by molar-refractivity contribution is -0.124. The molecule has 3 N–H and O–H groups in total. The van der Waals surface area contributed by atoms with Crippen molar-refractivity contribution in [1.82, 2.24) is 10.6 Å². The number of hydrogen-bond donors (Lipinski definition) is 3. The summed E-state index contributed by atoms with van der Waals surface area (Å²) in [5.74, 6) is 0.664. The van der Waals surface area contributed by atoms with Gasteiger partial charge in [-0.3, -0.25) is 9.79 Å². The van der Waals surface area contributed by atoms with Gasteiger partial charge in [-0.2, -0.15) is 0 Å². The number of aliphatic imine (C=N–C) groups is 1. The summed E-state index contributed by atoms with van der Waals surface area (Å²) in [6.07, 6.45) is 1.40. The summed E-state index contributed by atoms with van der Waals surface area (Å²) in [4.78, 5) is 16.5. The number of amides is 1. The zero-order chi connectivity index (χ0) is 20.6. The van der Waals surface area contributed by atoms with E-state index in [1.165, 1.54) is 16.7 Å². The number of nitrogens with zero attached hydrogens (tertiary/aromatic N) is 1. The first-order valence-electron chi connectivity index (χ1n) is 10.1. The molecule has 7 heteroatoms. The molecule has 1 aliphatic rings. The van der Waals surface area contributed by atoms with E-state index >= 15 is 0 Å². The first-order chi connectivity index (χ1) is 14.0. The van der Waals surface area contributed by atoms with E-state index < -0.39 is 0 Å². The SMILES string of the molecule is CN=C(NCc1cccc(NC(=O)C2CCCO2)c1)NCc1ccc(C)cc1C.I. The molecule has 1 aliphatic heterocycles. The molecule has 1 unspecified atom stereocenters. The average molecular weight is 522 g/mol. The predicted molar refractivity (Wildman–Crippen MR) is 132 cm³/mol. The molecule has 0 spiro atoms. The maximum absolute atomic E-state index is 12.2. The maximum Gasteiger partial charge on any atom is 0.253 e. The molecule has 2 aromatic carbocycles. The maximum atomic E-state index is 12.2. The monoisotopic (exact) mass is 522 g/mol. The Hall–Kier alpha value is -2.13.